The Morgan fingerprint density at radius 1 is 1.32 bits per heavy atom. The number of amides is 2. The number of carbonyl (C=O) groups is 1. The van der Waals surface area contributed by atoms with Gasteiger partial charge in [-0.15, -0.1) is 0 Å². The minimum atomic E-state index is -0.0743. The third-order valence-corrected chi connectivity index (χ3v) is 3.53. The van der Waals surface area contributed by atoms with Crippen molar-refractivity contribution < 1.29 is 9.53 Å². The summed E-state index contributed by atoms with van der Waals surface area (Å²) in [6.07, 6.45) is 5.95. The third-order valence-electron chi connectivity index (χ3n) is 3.53. The van der Waals surface area contributed by atoms with Gasteiger partial charge in [-0.25, -0.2) is 4.79 Å². The fourth-order valence-corrected chi connectivity index (χ4v) is 2.45. The highest BCUT2D eigenvalue weighted by Crippen LogP contribution is 2.17. The van der Waals surface area contributed by atoms with Gasteiger partial charge in [0.15, 0.2) is 0 Å². The van der Waals surface area contributed by atoms with Crippen molar-refractivity contribution in [3.05, 3.63) is 29.8 Å². The van der Waals surface area contributed by atoms with Gasteiger partial charge in [0.1, 0.15) is 5.75 Å². The molecule has 1 fully saturated rings. The van der Waals surface area contributed by atoms with Crippen LogP contribution in [0.5, 0.6) is 5.75 Å². The zero-order valence-electron chi connectivity index (χ0n) is 11.4. The number of urea groups is 1. The average Bonchev–Trinajstić information content (AvgIpc) is 2.46. The summed E-state index contributed by atoms with van der Waals surface area (Å²) >= 11 is 0. The number of hydrogen-bond donors (Lipinski definition) is 2. The zero-order valence-corrected chi connectivity index (χ0v) is 11.4. The van der Waals surface area contributed by atoms with Gasteiger partial charge in [-0.1, -0.05) is 31.4 Å². The first-order chi connectivity index (χ1) is 9.28. The van der Waals surface area contributed by atoms with Crippen LogP contribution >= 0.6 is 0 Å². The molecule has 0 radical (unpaired) electrons. The molecular formula is C15H22N2O2. The minimum absolute atomic E-state index is 0.0743. The van der Waals surface area contributed by atoms with Crippen molar-refractivity contribution in [3.63, 3.8) is 0 Å². The standard InChI is InChI=1S/C15H22N2O2/c1-19-14-9-5-6-12(10-14)11-16-15(18)17-13-7-3-2-4-8-13/h5-6,9-10,13H,2-4,7-8,11H2,1H3,(H2,16,17,18). The van der Waals surface area contributed by atoms with E-state index in [9.17, 15) is 4.79 Å². The van der Waals surface area contributed by atoms with Gasteiger partial charge in [0, 0.05) is 12.6 Å². The van der Waals surface area contributed by atoms with Gasteiger partial charge < -0.3 is 15.4 Å². The van der Waals surface area contributed by atoms with E-state index in [1.165, 1.54) is 19.3 Å². The van der Waals surface area contributed by atoms with Crippen LogP contribution in [0.4, 0.5) is 4.79 Å². The first-order valence-corrected chi connectivity index (χ1v) is 6.95. The lowest BCUT2D eigenvalue weighted by Gasteiger charge is -2.22. The Morgan fingerprint density at radius 3 is 2.84 bits per heavy atom. The second-order valence-corrected chi connectivity index (χ2v) is 5.01. The summed E-state index contributed by atoms with van der Waals surface area (Å²) in [6.45, 7) is 0.524. The number of benzene rings is 1. The van der Waals surface area contributed by atoms with Crippen LogP contribution in [0.2, 0.25) is 0 Å². The first-order valence-electron chi connectivity index (χ1n) is 6.95. The third kappa shape index (κ3) is 4.47. The molecule has 4 heteroatoms. The monoisotopic (exact) mass is 262 g/mol. The van der Waals surface area contributed by atoms with Crippen molar-refractivity contribution in [2.75, 3.05) is 7.11 Å². The van der Waals surface area contributed by atoms with Crippen molar-refractivity contribution in [1.29, 1.82) is 0 Å². The lowest BCUT2D eigenvalue weighted by atomic mass is 9.96. The summed E-state index contributed by atoms with van der Waals surface area (Å²) in [5.41, 5.74) is 1.04. The maximum Gasteiger partial charge on any atom is 0.315 e. The summed E-state index contributed by atoms with van der Waals surface area (Å²) in [7, 11) is 1.64. The summed E-state index contributed by atoms with van der Waals surface area (Å²) in [5, 5.41) is 5.93. The maximum atomic E-state index is 11.8. The summed E-state index contributed by atoms with van der Waals surface area (Å²) in [4.78, 5) is 11.8. The van der Waals surface area contributed by atoms with Crippen LogP contribution in [0, 0.1) is 0 Å². The highest BCUT2D eigenvalue weighted by molar-refractivity contribution is 5.74. The second kappa shape index (κ2) is 7.02. The molecule has 0 heterocycles. The Morgan fingerprint density at radius 2 is 2.11 bits per heavy atom. The van der Waals surface area contributed by atoms with Gasteiger partial charge in [-0.05, 0) is 30.5 Å². The fourth-order valence-electron chi connectivity index (χ4n) is 2.45. The SMILES string of the molecule is COc1cccc(CNC(=O)NC2CCCCC2)c1. The highest BCUT2D eigenvalue weighted by atomic mass is 16.5. The molecule has 1 aliphatic carbocycles. The lowest BCUT2D eigenvalue weighted by Crippen LogP contribution is -2.42. The maximum absolute atomic E-state index is 11.8. The van der Waals surface area contributed by atoms with Crippen LogP contribution in [0.1, 0.15) is 37.7 Å². The predicted octanol–water partition coefficient (Wildman–Crippen LogP) is 2.83. The Labute approximate surface area is 114 Å². The Kier molecular flexibility index (Phi) is 5.07. The van der Waals surface area contributed by atoms with Gasteiger partial charge in [0.05, 0.1) is 7.11 Å². The summed E-state index contributed by atoms with van der Waals surface area (Å²) < 4.78 is 5.15. The number of ether oxygens (including phenoxy) is 1. The van der Waals surface area contributed by atoms with E-state index in [0.717, 1.165) is 24.2 Å². The van der Waals surface area contributed by atoms with Gasteiger partial charge >= 0.3 is 6.03 Å². The molecule has 1 aromatic rings. The van der Waals surface area contributed by atoms with Crippen LogP contribution in [-0.4, -0.2) is 19.2 Å². The Hall–Kier alpha value is -1.71. The van der Waals surface area contributed by atoms with Gasteiger partial charge in [-0.3, -0.25) is 0 Å². The van der Waals surface area contributed by atoms with Gasteiger partial charge in [0.25, 0.3) is 0 Å². The lowest BCUT2D eigenvalue weighted by molar-refractivity contribution is 0.232. The molecule has 4 nitrogen and oxygen atoms in total. The van der Waals surface area contributed by atoms with E-state index in [1.807, 2.05) is 24.3 Å². The molecule has 0 bridgehead atoms. The smallest absolute Gasteiger partial charge is 0.315 e. The van der Waals surface area contributed by atoms with Crippen LogP contribution in [-0.2, 0) is 6.54 Å². The molecule has 2 amide bonds. The van der Waals surface area contributed by atoms with Crippen LogP contribution < -0.4 is 15.4 Å². The second-order valence-electron chi connectivity index (χ2n) is 5.01. The molecule has 2 rings (SSSR count). The van der Waals surface area contributed by atoms with Gasteiger partial charge in [-0.2, -0.15) is 0 Å². The Bertz CT molecular complexity index is 414. The zero-order chi connectivity index (χ0) is 13.5. The molecular weight excluding hydrogens is 240 g/mol. The largest absolute Gasteiger partial charge is 0.497 e. The number of hydrogen-bond acceptors (Lipinski definition) is 2. The van der Waals surface area contributed by atoms with E-state index in [-0.39, 0.29) is 6.03 Å². The van der Waals surface area contributed by atoms with Crippen LogP contribution in [0.3, 0.4) is 0 Å². The summed E-state index contributed by atoms with van der Waals surface area (Å²) in [5.74, 6) is 0.812. The van der Waals surface area contributed by atoms with E-state index >= 15 is 0 Å². The average molecular weight is 262 g/mol. The first kappa shape index (κ1) is 13.7. The minimum Gasteiger partial charge on any atom is -0.497 e. The molecule has 19 heavy (non-hydrogen) atoms. The van der Waals surface area contributed by atoms with Crippen LogP contribution in [0.25, 0.3) is 0 Å². The molecule has 1 saturated carbocycles. The molecule has 2 N–H and O–H groups in total. The van der Waals surface area contributed by atoms with E-state index in [4.69, 9.17) is 4.74 Å². The molecule has 1 aromatic carbocycles. The van der Waals surface area contributed by atoms with E-state index in [0.29, 0.717) is 12.6 Å². The topological polar surface area (TPSA) is 50.4 Å². The van der Waals surface area contributed by atoms with Crippen molar-refractivity contribution in [3.8, 4) is 5.75 Å². The number of rotatable bonds is 4. The molecule has 0 saturated heterocycles. The number of methoxy groups -OCH3 is 1. The highest BCUT2D eigenvalue weighted by Gasteiger charge is 2.15. The molecule has 0 aliphatic heterocycles. The van der Waals surface area contributed by atoms with Crippen molar-refractivity contribution in [1.82, 2.24) is 10.6 Å². The predicted molar refractivity (Wildman–Crippen MR) is 75.2 cm³/mol. The molecule has 1 aliphatic rings. The van der Waals surface area contributed by atoms with Gasteiger partial charge in [0.2, 0.25) is 0 Å². The van der Waals surface area contributed by atoms with E-state index < -0.39 is 0 Å². The molecule has 0 aromatic heterocycles. The van der Waals surface area contributed by atoms with Crippen molar-refractivity contribution >= 4 is 6.03 Å². The quantitative estimate of drug-likeness (QED) is 0.876. The van der Waals surface area contributed by atoms with E-state index in [1.54, 1.807) is 7.11 Å². The Balaban J connectivity index is 1.76. The molecule has 104 valence electrons. The fraction of sp³-hybridized carbons (Fsp3) is 0.533. The van der Waals surface area contributed by atoms with Crippen molar-refractivity contribution in [2.45, 2.75) is 44.7 Å². The summed E-state index contributed by atoms with van der Waals surface area (Å²) in [6, 6.07) is 8.00. The normalized spacial score (nSPS) is 15.8. The number of carbonyl (C=O) groups excluding carboxylic acids is 1. The van der Waals surface area contributed by atoms with Crippen LogP contribution in [0.15, 0.2) is 24.3 Å². The molecule has 0 spiro atoms. The number of nitrogens with one attached hydrogen (secondary N) is 2. The molecule has 0 atom stereocenters. The van der Waals surface area contributed by atoms with Crippen molar-refractivity contribution in [2.24, 2.45) is 0 Å². The van der Waals surface area contributed by atoms with E-state index in [2.05, 4.69) is 10.6 Å². The molecule has 0 unspecified atom stereocenters.